The zero-order chi connectivity index (χ0) is 12.4. The Morgan fingerprint density at radius 1 is 1.41 bits per heavy atom. The molecule has 1 aromatic carbocycles. The molecule has 0 saturated heterocycles. The standard InChI is InChI=1S/C13H15NO2S/c1-3-6-9(2)12(15)14-10-7-4-5-8-11(10)17-13(14)16/h4-5,7-9H,3,6H2,1-2H3. The maximum Gasteiger partial charge on any atom is 0.314 e. The number of fused-ring (bicyclic) bond motifs is 1. The van der Waals surface area contributed by atoms with Gasteiger partial charge >= 0.3 is 4.87 Å². The summed E-state index contributed by atoms with van der Waals surface area (Å²) in [5.74, 6) is -0.190. The first-order chi connectivity index (χ1) is 8.15. The quantitative estimate of drug-likeness (QED) is 0.838. The Balaban J connectivity index is 2.51. The van der Waals surface area contributed by atoms with E-state index in [1.54, 1.807) is 0 Å². The van der Waals surface area contributed by atoms with Crippen molar-refractivity contribution in [3.05, 3.63) is 33.9 Å². The highest BCUT2D eigenvalue weighted by molar-refractivity contribution is 7.16. The summed E-state index contributed by atoms with van der Waals surface area (Å²) in [4.78, 5) is 23.9. The summed E-state index contributed by atoms with van der Waals surface area (Å²) in [7, 11) is 0. The van der Waals surface area contributed by atoms with E-state index in [9.17, 15) is 9.59 Å². The van der Waals surface area contributed by atoms with Crippen LogP contribution in [-0.2, 0) is 0 Å². The third-order valence-corrected chi connectivity index (χ3v) is 3.77. The number of rotatable bonds is 3. The van der Waals surface area contributed by atoms with E-state index < -0.39 is 0 Å². The highest BCUT2D eigenvalue weighted by Gasteiger charge is 2.19. The molecule has 0 aliphatic carbocycles. The molecule has 90 valence electrons. The van der Waals surface area contributed by atoms with Crippen LogP contribution in [0, 0.1) is 5.92 Å². The molecular weight excluding hydrogens is 234 g/mol. The molecule has 0 bridgehead atoms. The molecule has 1 unspecified atom stereocenters. The van der Waals surface area contributed by atoms with E-state index in [2.05, 4.69) is 0 Å². The number of carbonyl (C=O) groups excluding carboxylic acids is 1. The number of carbonyl (C=O) groups is 1. The second-order valence-corrected chi connectivity index (χ2v) is 5.19. The smallest absolute Gasteiger partial charge is 0.274 e. The molecule has 2 aromatic rings. The Morgan fingerprint density at radius 3 is 2.82 bits per heavy atom. The normalized spacial score (nSPS) is 12.8. The average molecular weight is 249 g/mol. The lowest BCUT2D eigenvalue weighted by molar-refractivity contribution is 0.0841. The predicted octanol–water partition coefficient (Wildman–Crippen LogP) is 3.14. The van der Waals surface area contributed by atoms with Crippen LogP contribution in [0.25, 0.3) is 10.2 Å². The third-order valence-electron chi connectivity index (χ3n) is 2.85. The largest absolute Gasteiger partial charge is 0.314 e. The van der Waals surface area contributed by atoms with Gasteiger partial charge in [-0.2, -0.15) is 0 Å². The average Bonchev–Trinajstić information content (AvgIpc) is 2.64. The number of para-hydroxylation sites is 1. The summed E-state index contributed by atoms with van der Waals surface area (Å²) in [6.07, 6.45) is 1.76. The molecule has 0 aliphatic heterocycles. The summed E-state index contributed by atoms with van der Waals surface area (Å²) in [5, 5.41) is 0. The van der Waals surface area contributed by atoms with E-state index in [0.717, 1.165) is 34.4 Å². The van der Waals surface area contributed by atoms with Crippen LogP contribution < -0.4 is 4.87 Å². The van der Waals surface area contributed by atoms with E-state index in [1.807, 2.05) is 38.1 Å². The Hall–Kier alpha value is -1.42. The van der Waals surface area contributed by atoms with Gasteiger partial charge in [-0.25, -0.2) is 4.57 Å². The van der Waals surface area contributed by atoms with Crippen molar-refractivity contribution in [3.63, 3.8) is 0 Å². The molecule has 0 aliphatic rings. The summed E-state index contributed by atoms with van der Waals surface area (Å²) in [6.45, 7) is 3.92. The van der Waals surface area contributed by atoms with Crippen LogP contribution in [-0.4, -0.2) is 10.5 Å². The van der Waals surface area contributed by atoms with Crippen molar-refractivity contribution in [3.8, 4) is 0 Å². The Labute approximate surface area is 104 Å². The maximum absolute atomic E-state index is 12.2. The van der Waals surface area contributed by atoms with Gasteiger partial charge in [0, 0.05) is 5.92 Å². The lowest BCUT2D eigenvalue weighted by atomic mass is 10.1. The monoisotopic (exact) mass is 249 g/mol. The zero-order valence-corrected chi connectivity index (χ0v) is 10.8. The van der Waals surface area contributed by atoms with E-state index in [0.29, 0.717) is 0 Å². The molecule has 0 N–H and O–H groups in total. The topological polar surface area (TPSA) is 39.1 Å². The van der Waals surface area contributed by atoms with Gasteiger partial charge in [0.2, 0.25) is 5.91 Å². The summed E-state index contributed by atoms with van der Waals surface area (Å²) < 4.78 is 2.19. The third kappa shape index (κ3) is 2.17. The predicted molar refractivity (Wildman–Crippen MR) is 70.8 cm³/mol. The molecule has 0 spiro atoms. The van der Waals surface area contributed by atoms with Gasteiger partial charge in [0.05, 0.1) is 10.2 Å². The molecule has 1 atom stereocenters. The minimum Gasteiger partial charge on any atom is -0.274 e. The van der Waals surface area contributed by atoms with Crippen LogP contribution in [0.4, 0.5) is 0 Å². The fourth-order valence-electron chi connectivity index (χ4n) is 1.95. The van der Waals surface area contributed by atoms with Crippen molar-refractivity contribution in [1.82, 2.24) is 4.57 Å². The number of benzene rings is 1. The molecule has 0 saturated carbocycles. The van der Waals surface area contributed by atoms with E-state index in [-0.39, 0.29) is 16.7 Å². The number of thiazole rings is 1. The fraction of sp³-hybridized carbons (Fsp3) is 0.385. The van der Waals surface area contributed by atoms with Crippen molar-refractivity contribution in [1.29, 1.82) is 0 Å². The van der Waals surface area contributed by atoms with Crippen molar-refractivity contribution in [2.45, 2.75) is 26.7 Å². The minimum absolute atomic E-state index is 0.0886. The van der Waals surface area contributed by atoms with Crippen LogP contribution in [0.15, 0.2) is 29.1 Å². The van der Waals surface area contributed by atoms with E-state index in [4.69, 9.17) is 0 Å². The molecule has 1 aromatic heterocycles. The van der Waals surface area contributed by atoms with E-state index in [1.165, 1.54) is 4.57 Å². The summed E-state index contributed by atoms with van der Waals surface area (Å²) in [5.41, 5.74) is 0.732. The summed E-state index contributed by atoms with van der Waals surface area (Å²) in [6, 6.07) is 7.42. The molecule has 3 nitrogen and oxygen atoms in total. The lowest BCUT2D eigenvalue weighted by Crippen LogP contribution is -2.26. The molecular formula is C13H15NO2S. The van der Waals surface area contributed by atoms with Crippen LogP contribution in [0.2, 0.25) is 0 Å². The maximum atomic E-state index is 12.2. The van der Waals surface area contributed by atoms with Crippen molar-refractivity contribution >= 4 is 27.5 Å². The second kappa shape index (κ2) is 4.84. The van der Waals surface area contributed by atoms with E-state index >= 15 is 0 Å². The highest BCUT2D eigenvalue weighted by atomic mass is 32.1. The van der Waals surface area contributed by atoms with Crippen molar-refractivity contribution < 1.29 is 4.79 Å². The fourth-order valence-corrected chi connectivity index (χ4v) is 2.83. The highest BCUT2D eigenvalue weighted by Crippen LogP contribution is 2.18. The number of nitrogens with zero attached hydrogens (tertiary/aromatic N) is 1. The van der Waals surface area contributed by atoms with Gasteiger partial charge < -0.3 is 0 Å². The molecule has 0 radical (unpaired) electrons. The first-order valence-electron chi connectivity index (χ1n) is 5.80. The van der Waals surface area contributed by atoms with Crippen LogP contribution in [0.1, 0.15) is 31.5 Å². The Bertz CT molecular complexity index is 597. The Kier molecular flexibility index (Phi) is 3.43. The number of hydrogen-bond acceptors (Lipinski definition) is 3. The van der Waals surface area contributed by atoms with Crippen molar-refractivity contribution in [2.75, 3.05) is 0 Å². The first kappa shape index (κ1) is 12.0. The SMILES string of the molecule is CCCC(C)C(=O)n1c(=O)sc2ccccc21. The molecule has 2 rings (SSSR count). The van der Waals surface area contributed by atoms with Gasteiger partial charge in [-0.3, -0.25) is 9.59 Å². The van der Waals surface area contributed by atoms with Gasteiger partial charge in [0.15, 0.2) is 0 Å². The van der Waals surface area contributed by atoms with Crippen molar-refractivity contribution in [2.24, 2.45) is 5.92 Å². The molecule has 4 heteroatoms. The number of aromatic nitrogens is 1. The first-order valence-corrected chi connectivity index (χ1v) is 6.61. The zero-order valence-electron chi connectivity index (χ0n) is 9.97. The van der Waals surface area contributed by atoms with Crippen LogP contribution >= 0.6 is 11.3 Å². The van der Waals surface area contributed by atoms with Crippen LogP contribution in [0.5, 0.6) is 0 Å². The van der Waals surface area contributed by atoms with Crippen LogP contribution in [0.3, 0.4) is 0 Å². The molecule has 17 heavy (non-hydrogen) atoms. The minimum atomic E-state index is -0.181. The number of hydrogen-bond donors (Lipinski definition) is 0. The van der Waals surface area contributed by atoms with Gasteiger partial charge in [0.1, 0.15) is 0 Å². The van der Waals surface area contributed by atoms with Gasteiger partial charge in [-0.15, -0.1) is 0 Å². The molecule has 0 fully saturated rings. The molecule has 0 amide bonds. The Morgan fingerprint density at radius 2 is 2.12 bits per heavy atom. The van der Waals surface area contributed by atoms with Gasteiger partial charge in [0.25, 0.3) is 0 Å². The second-order valence-electron chi connectivity index (χ2n) is 4.20. The summed E-state index contributed by atoms with van der Waals surface area (Å²) >= 11 is 1.13. The lowest BCUT2D eigenvalue weighted by Gasteiger charge is -2.09. The van der Waals surface area contributed by atoms with Gasteiger partial charge in [-0.05, 0) is 18.6 Å². The molecule has 1 heterocycles. The van der Waals surface area contributed by atoms with Gasteiger partial charge in [-0.1, -0.05) is 43.7 Å².